The first-order chi connectivity index (χ1) is 11.8. The summed E-state index contributed by atoms with van der Waals surface area (Å²) in [5, 5.41) is 6.49. The van der Waals surface area contributed by atoms with E-state index in [9.17, 15) is 4.79 Å². The van der Waals surface area contributed by atoms with Crippen LogP contribution in [0.3, 0.4) is 0 Å². The predicted octanol–water partition coefficient (Wildman–Crippen LogP) is 1.39. The highest BCUT2D eigenvalue weighted by Crippen LogP contribution is 2.14. The summed E-state index contributed by atoms with van der Waals surface area (Å²) in [6.07, 6.45) is 3.23. The average molecular weight is 331 g/mol. The Balaban J connectivity index is 1.39. The largest absolute Gasteiger partial charge is 0.366 e. The van der Waals surface area contributed by atoms with Gasteiger partial charge in [0.05, 0.1) is 6.61 Å². The van der Waals surface area contributed by atoms with Crippen LogP contribution in [-0.4, -0.2) is 56.2 Å². The van der Waals surface area contributed by atoms with Crippen LogP contribution in [-0.2, 0) is 16.1 Å². The molecule has 2 heterocycles. The molecule has 2 aliphatic rings. The van der Waals surface area contributed by atoms with E-state index in [0.29, 0.717) is 19.1 Å². The molecule has 1 aromatic carbocycles. The maximum Gasteiger partial charge on any atom is 0.250 e. The van der Waals surface area contributed by atoms with Crippen LogP contribution in [0.5, 0.6) is 0 Å². The highest BCUT2D eigenvalue weighted by molar-refractivity contribution is 5.81. The molecule has 0 bridgehead atoms. The molecule has 0 aromatic heterocycles. The molecule has 2 fully saturated rings. The van der Waals surface area contributed by atoms with Gasteiger partial charge in [-0.3, -0.25) is 9.69 Å². The monoisotopic (exact) mass is 331 g/mol. The van der Waals surface area contributed by atoms with Gasteiger partial charge in [-0.15, -0.1) is 0 Å². The first kappa shape index (κ1) is 17.4. The Bertz CT molecular complexity index is 503. The molecule has 24 heavy (non-hydrogen) atoms. The number of ether oxygens (including phenoxy) is 1. The highest BCUT2D eigenvalue weighted by atomic mass is 16.5. The van der Waals surface area contributed by atoms with Gasteiger partial charge in [-0.05, 0) is 43.8 Å². The van der Waals surface area contributed by atoms with Gasteiger partial charge in [-0.25, -0.2) is 0 Å². The minimum absolute atomic E-state index is 0.0385. The average Bonchev–Trinajstić information content (AvgIpc) is 2.64. The van der Waals surface area contributed by atoms with Crippen LogP contribution >= 0.6 is 0 Å². The molecular weight excluding hydrogens is 302 g/mol. The number of hydrogen-bond donors (Lipinski definition) is 2. The number of morpholine rings is 1. The molecule has 1 amide bonds. The van der Waals surface area contributed by atoms with Crippen LogP contribution in [0.2, 0.25) is 0 Å². The Kier molecular flexibility index (Phi) is 6.64. The quantitative estimate of drug-likeness (QED) is 0.827. The molecule has 2 aliphatic heterocycles. The van der Waals surface area contributed by atoms with E-state index in [0.717, 1.165) is 39.1 Å². The number of nitrogens with zero attached hydrogens (tertiary/aromatic N) is 1. The normalized spacial score (nSPS) is 25.3. The molecule has 2 atom stereocenters. The smallest absolute Gasteiger partial charge is 0.250 e. The molecule has 5 heteroatoms. The minimum Gasteiger partial charge on any atom is -0.366 e. The van der Waals surface area contributed by atoms with E-state index in [4.69, 9.17) is 4.74 Å². The van der Waals surface area contributed by atoms with Crippen LogP contribution in [0.15, 0.2) is 30.3 Å². The lowest BCUT2D eigenvalue weighted by molar-refractivity contribution is -0.138. The third-order valence-electron chi connectivity index (χ3n) is 4.94. The summed E-state index contributed by atoms with van der Waals surface area (Å²) >= 11 is 0. The molecule has 2 unspecified atom stereocenters. The highest BCUT2D eigenvalue weighted by Gasteiger charge is 2.26. The molecule has 5 nitrogen and oxygen atoms in total. The predicted molar refractivity (Wildman–Crippen MR) is 94.7 cm³/mol. The number of carbonyl (C=O) groups is 1. The summed E-state index contributed by atoms with van der Waals surface area (Å²) in [6, 6.07) is 10.4. The first-order valence-corrected chi connectivity index (χ1v) is 9.17. The summed E-state index contributed by atoms with van der Waals surface area (Å²) in [6.45, 7) is 6.03. The van der Waals surface area contributed by atoms with Crippen LogP contribution in [0.1, 0.15) is 24.8 Å². The molecule has 132 valence electrons. The van der Waals surface area contributed by atoms with Crippen molar-refractivity contribution in [3.05, 3.63) is 35.9 Å². The maximum atomic E-state index is 12.4. The van der Waals surface area contributed by atoms with E-state index in [-0.39, 0.29) is 12.0 Å². The zero-order valence-electron chi connectivity index (χ0n) is 14.4. The number of amides is 1. The number of benzene rings is 1. The Morgan fingerprint density at radius 3 is 3.00 bits per heavy atom. The standard InChI is InChI=1S/C19H29N3O2/c23-19(21-10-8-16-7-4-9-20-13-16)18-15-22(11-12-24-18)14-17-5-2-1-3-6-17/h1-3,5-6,16,18,20H,4,7-15H2,(H,21,23). The topological polar surface area (TPSA) is 53.6 Å². The van der Waals surface area contributed by atoms with Gasteiger partial charge >= 0.3 is 0 Å². The lowest BCUT2D eigenvalue weighted by atomic mass is 9.96. The fraction of sp³-hybridized carbons (Fsp3) is 0.632. The van der Waals surface area contributed by atoms with E-state index in [1.807, 2.05) is 6.07 Å². The Morgan fingerprint density at radius 2 is 2.21 bits per heavy atom. The Morgan fingerprint density at radius 1 is 1.33 bits per heavy atom. The van der Waals surface area contributed by atoms with Crippen LogP contribution in [0, 0.1) is 5.92 Å². The Labute approximate surface area is 144 Å². The lowest BCUT2D eigenvalue weighted by Gasteiger charge is -2.32. The zero-order valence-corrected chi connectivity index (χ0v) is 14.4. The summed E-state index contributed by atoms with van der Waals surface area (Å²) in [5.41, 5.74) is 1.28. The number of hydrogen-bond acceptors (Lipinski definition) is 4. The van der Waals surface area contributed by atoms with Crippen molar-refractivity contribution in [2.75, 3.05) is 39.3 Å². The fourth-order valence-electron chi connectivity index (χ4n) is 3.53. The number of rotatable bonds is 6. The molecule has 0 radical (unpaired) electrons. The van der Waals surface area contributed by atoms with Crippen molar-refractivity contribution in [2.45, 2.75) is 31.9 Å². The van der Waals surface area contributed by atoms with E-state index in [1.54, 1.807) is 0 Å². The van der Waals surface area contributed by atoms with Gasteiger partial charge in [0.2, 0.25) is 5.91 Å². The molecule has 0 saturated carbocycles. The van der Waals surface area contributed by atoms with Crippen molar-refractivity contribution >= 4 is 5.91 Å². The van der Waals surface area contributed by atoms with Gasteiger partial charge < -0.3 is 15.4 Å². The number of piperidine rings is 1. The number of nitrogens with one attached hydrogen (secondary N) is 2. The van der Waals surface area contributed by atoms with Crippen LogP contribution in [0.4, 0.5) is 0 Å². The molecular formula is C19H29N3O2. The fourth-order valence-corrected chi connectivity index (χ4v) is 3.53. The van der Waals surface area contributed by atoms with Gasteiger partial charge in [0.15, 0.2) is 0 Å². The van der Waals surface area contributed by atoms with Crippen molar-refractivity contribution < 1.29 is 9.53 Å². The summed E-state index contributed by atoms with van der Waals surface area (Å²) in [5.74, 6) is 0.734. The summed E-state index contributed by atoms with van der Waals surface area (Å²) < 4.78 is 5.68. The maximum absolute atomic E-state index is 12.4. The molecule has 3 rings (SSSR count). The zero-order chi connectivity index (χ0) is 16.6. The van der Waals surface area contributed by atoms with Crippen LogP contribution < -0.4 is 10.6 Å². The molecule has 2 N–H and O–H groups in total. The second-order valence-corrected chi connectivity index (χ2v) is 6.87. The molecule has 1 aromatic rings. The van der Waals surface area contributed by atoms with Gasteiger partial charge in [0, 0.05) is 26.2 Å². The van der Waals surface area contributed by atoms with E-state index < -0.39 is 0 Å². The van der Waals surface area contributed by atoms with Crippen molar-refractivity contribution in [1.29, 1.82) is 0 Å². The van der Waals surface area contributed by atoms with Gasteiger partial charge in [0.1, 0.15) is 6.10 Å². The van der Waals surface area contributed by atoms with Crippen molar-refractivity contribution in [3.8, 4) is 0 Å². The van der Waals surface area contributed by atoms with Crippen molar-refractivity contribution in [3.63, 3.8) is 0 Å². The van der Waals surface area contributed by atoms with Crippen molar-refractivity contribution in [2.24, 2.45) is 5.92 Å². The Hall–Kier alpha value is -1.43. The first-order valence-electron chi connectivity index (χ1n) is 9.17. The summed E-state index contributed by atoms with van der Waals surface area (Å²) in [4.78, 5) is 14.7. The van der Waals surface area contributed by atoms with E-state index in [2.05, 4.69) is 39.8 Å². The minimum atomic E-state index is -0.341. The van der Waals surface area contributed by atoms with Crippen molar-refractivity contribution in [1.82, 2.24) is 15.5 Å². The third-order valence-corrected chi connectivity index (χ3v) is 4.94. The van der Waals surface area contributed by atoms with E-state index in [1.165, 1.54) is 18.4 Å². The summed E-state index contributed by atoms with van der Waals surface area (Å²) in [7, 11) is 0. The van der Waals surface area contributed by atoms with Gasteiger partial charge in [-0.1, -0.05) is 30.3 Å². The second kappa shape index (κ2) is 9.16. The molecule has 0 spiro atoms. The second-order valence-electron chi connectivity index (χ2n) is 6.87. The number of carbonyl (C=O) groups excluding carboxylic acids is 1. The third kappa shape index (κ3) is 5.30. The van der Waals surface area contributed by atoms with Gasteiger partial charge in [-0.2, -0.15) is 0 Å². The van der Waals surface area contributed by atoms with Gasteiger partial charge in [0.25, 0.3) is 0 Å². The van der Waals surface area contributed by atoms with E-state index >= 15 is 0 Å². The van der Waals surface area contributed by atoms with Crippen LogP contribution in [0.25, 0.3) is 0 Å². The lowest BCUT2D eigenvalue weighted by Crippen LogP contribution is -2.49. The molecule has 2 saturated heterocycles. The molecule has 0 aliphatic carbocycles. The SMILES string of the molecule is O=C(NCCC1CCCNC1)C1CN(Cc2ccccc2)CCO1.